The van der Waals surface area contributed by atoms with Crippen molar-refractivity contribution in [3.63, 3.8) is 0 Å². The molecule has 1 saturated carbocycles. The molecule has 2 saturated heterocycles. The van der Waals surface area contributed by atoms with Gasteiger partial charge in [0, 0.05) is 49.1 Å². The molecule has 0 spiro atoms. The molecule has 3 aliphatic rings. The SMILES string of the molecule is O=C(Nc1ccc(N2CCN(Cc3ccccc3Cl)CC2)cc1)C1CC(C2CCCCCC2)CO1. The van der Waals surface area contributed by atoms with Gasteiger partial charge in [-0.15, -0.1) is 0 Å². The summed E-state index contributed by atoms with van der Waals surface area (Å²) in [7, 11) is 0. The van der Waals surface area contributed by atoms with Crippen LogP contribution in [0.5, 0.6) is 0 Å². The highest BCUT2D eigenvalue weighted by Gasteiger charge is 2.35. The summed E-state index contributed by atoms with van der Waals surface area (Å²) in [6, 6.07) is 16.4. The lowest BCUT2D eigenvalue weighted by molar-refractivity contribution is -0.124. The molecule has 6 heteroatoms. The molecule has 0 radical (unpaired) electrons. The Labute approximate surface area is 214 Å². The zero-order valence-electron chi connectivity index (χ0n) is 20.6. The van der Waals surface area contributed by atoms with E-state index in [0.29, 0.717) is 5.92 Å². The van der Waals surface area contributed by atoms with Crippen molar-refractivity contribution in [1.82, 2.24) is 4.90 Å². The number of halogens is 1. The number of ether oxygens (including phenoxy) is 1. The first-order valence-corrected chi connectivity index (χ1v) is 13.8. The van der Waals surface area contributed by atoms with Crippen molar-refractivity contribution < 1.29 is 9.53 Å². The normalized spacial score (nSPS) is 24.3. The topological polar surface area (TPSA) is 44.8 Å². The first-order valence-electron chi connectivity index (χ1n) is 13.4. The first-order chi connectivity index (χ1) is 17.2. The van der Waals surface area contributed by atoms with Crippen molar-refractivity contribution in [2.75, 3.05) is 43.0 Å². The molecule has 2 heterocycles. The minimum absolute atomic E-state index is 0.00191. The molecule has 188 valence electrons. The van der Waals surface area contributed by atoms with Crippen LogP contribution in [-0.2, 0) is 16.1 Å². The van der Waals surface area contributed by atoms with E-state index < -0.39 is 0 Å². The van der Waals surface area contributed by atoms with Crippen molar-refractivity contribution in [3.8, 4) is 0 Å². The van der Waals surface area contributed by atoms with Gasteiger partial charge in [-0.25, -0.2) is 0 Å². The second-order valence-electron chi connectivity index (χ2n) is 10.5. The lowest BCUT2D eigenvalue weighted by atomic mass is 9.84. The van der Waals surface area contributed by atoms with E-state index >= 15 is 0 Å². The quantitative estimate of drug-likeness (QED) is 0.501. The fraction of sp³-hybridized carbons (Fsp3) is 0.552. The Morgan fingerprint density at radius 1 is 0.914 bits per heavy atom. The Bertz CT molecular complexity index is 966. The molecule has 2 aromatic rings. The van der Waals surface area contributed by atoms with Gasteiger partial charge in [0.15, 0.2) is 0 Å². The molecule has 35 heavy (non-hydrogen) atoms. The number of hydrogen-bond donors (Lipinski definition) is 1. The Kier molecular flexibility index (Phi) is 8.27. The predicted molar refractivity (Wildman–Crippen MR) is 143 cm³/mol. The van der Waals surface area contributed by atoms with Gasteiger partial charge in [0.25, 0.3) is 5.91 Å². The third-order valence-corrected chi connectivity index (χ3v) is 8.48. The fourth-order valence-corrected chi connectivity index (χ4v) is 6.15. The average molecular weight is 496 g/mol. The van der Waals surface area contributed by atoms with Gasteiger partial charge in [0.05, 0.1) is 6.61 Å². The number of nitrogens with zero attached hydrogens (tertiary/aromatic N) is 2. The molecule has 5 nitrogen and oxygen atoms in total. The van der Waals surface area contributed by atoms with E-state index in [1.807, 2.05) is 30.3 Å². The van der Waals surface area contributed by atoms with Crippen LogP contribution in [0.15, 0.2) is 48.5 Å². The van der Waals surface area contributed by atoms with E-state index in [9.17, 15) is 4.79 Å². The maximum atomic E-state index is 12.8. The van der Waals surface area contributed by atoms with E-state index in [1.165, 1.54) is 49.8 Å². The Balaban J connectivity index is 1.08. The maximum Gasteiger partial charge on any atom is 0.253 e. The molecular weight excluding hydrogens is 458 g/mol. The van der Waals surface area contributed by atoms with Crippen LogP contribution in [0.3, 0.4) is 0 Å². The Morgan fingerprint density at radius 3 is 2.34 bits per heavy atom. The van der Waals surface area contributed by atoms with E-state index in [-0.39, 0.29) is 12.0 Å². The molecule has 2 aromatic carbocycles. The van der Waals surface area contributed by atoms with Gasteiger partial charge in [-0.3, -0.25) is 9.69 Å². The van der Waals surface area contributed by atoms with Crippen LogP contribution in [0.4, 0.5) is 11.4 Å². The van der Waals surface area contributed by atoms with Crippen molar-refractivity contribution >= 4 is 28.9 Å². The molecule has 2 atom stereocenters. The second-order valence-corrected chi connectivity index (χ2v) is 10.9. The van der Waals surface area contributed by atoms with Crippen molar-refractivity contribution in [3.05, 3.63) is 59.1 Å². The van der Waals surface area contributed by atoms with Crippen LogP contribution in [0.1, 0.15) is 50.5 Å². The molecule has 1 N–H and O–H groups in total. The zero-order valence-corrected chi connectivity index (χ0v) is 21.4. The number of amides is 1. The van der Waals surface area contributed by atoms with Crippen LogP contribution in [-0.4, -0.2) is 49.7 Å². The summed E-state index contributed by atoms with van der Waals surface area (Å²) in [5.74, 6) is 1.28. The largest absolute Gasteiger partial charge is 0.369 e. The van der Waals surface area contributed by atoms with Crippen LogP contribution in [0.25, 0.3) is 0 Å². The summed E-state index contributed by atoms with van der Waals surface area (Å²) in [6.45, 7) is 5.60. The van der Waals surface area contributed by atoms with E-state index in [0.717, 1.165) is 62.4 Å². The lowest BCUT2D eigenvalue weighted by Crippen LogP contribution is -2.46. The monoisotopic (exact) mass is 495 g/mol. The van der Waals surface area contributed by atoms with Gasteiger partial charge < -0.3 is 15.0 Å². The van der Waals surface area contributed by atoms with Gasteiger partial charge in [-0.1, -0.05) is 68.3 Å². The smallest absolute Gasteiger partial charge is 0.253 e. The Morgan fingerprint density at radius 2 is 1.63 bits per heavy atom. The second kappa shape index (κ2) is 11.8. The highest BCUT2D eigenvalue weighted by atomic mass is 35.5. The molecule has 5 rings (SSSR count). The van der Waals surface area contributed by atoms with E-state index in [4.69, 9.17) is 16.3 Å². The molecule has 3 fully saturated rings. The average Bonchev–Trinajstić information content (AvgIpc) is 3.22. The molecule has 1 amide bonds. The summed E-state index contributed by atoms with van der Waals surface area (Å²) in [5, 5.41) is 3.93. The van der Waals surface area contributed by atoms with Crippen molar-refractivity contribution in [2.24, 2.45) is 11.8 Å². The van der Waals surface area contributed by atoms with Crippen LogP contribution >= 0.6 is 11.6 Å². The predicted octanol–water partition coefficient (Wildman–Crippen LogP) is 5.98. The molecule has 0 aromatic heterocycles. The minimum Gasteiger partial charge on any atom is -0.369 e. The summed E-state index contributed by atoms with van der Waals surface area (Å²) in [6.07, 6.45) is 8.56. The number of benzene rings is 2. The highest BCUT2D eigenvalue weighted by Crippen LogP contribution is 2.36. The summed E-state index contributed by atoms with van der Waals surface area (Å²) in [4.78, 5) is 17.7. The molecule has 2 aliphatic heterocycles. The number of carbonyl (C=O) groups excluding carboxylic acids is 1. The molecule has 1 aliphatic carbocycles. The molecule has 2 unspecified atom stereocenters. The van der Waals surface area contributed by atoms with Gasteiger partial charge in [-0.05, 0) is 54.2 Å². The number of rotatable bonds is 6. The van der Waals surface area contributed by atoms with Crippen molar-refractivity contribution in [2.45, 2.75) is 57.6 Å². The number of nitrogens with one attached hydrogen (secondary N) is 1. The van der Waals surface area contributed by atoms with E-state index in [2.05, 4.69) is 33.3 Å². The zero-order chi connectivity index (χ0) is 24.0. The van der Waals surface area contributed by atoms with Gasteiger partial charge in [0.2, 0.25) is 0 Å². The number of piperazine rings is 1. The lowest BCUT2D eigenvalue weighted by Gasteiger charge is -2.36. The molecule has 0 bridgehead atoms. The first kappa shape index (κ1) is 24.6. The van der Waals surface area contributed by atoms with Gasteiger partial charge >= 0.3 is 0 Å². The van der Waals surface area contributed by atoms with Crippen LogP contribution in [0.2, 0.25) is 5.02 Å². The van der Waals surface area contributed by atoms with E-state index in [1.54, 1.807) is 0 Å². The summed E-state index contributed by atoms with van der Waals surface area (Å²) >= 11 is 6.33. The maximum absolute atomic E-state index is 12.8. The van der Waals surface area contributed by atoms with Gasteiger partial charge in [-0.2, -0.15) is 0 Å². The van der Waals surface area contributed by atoms with Crippen LogP contribution in [0, 0.1) is 11.8 Å². The van der Waals surface area contributed by atoms with Crippen molar-refractivity contribution in [1.29, 1.82) is 0 Å². The number of carbonyl (C=O) groups is 1. The highest BCUT2D eigenvalue weighted by molar-refractivity contribution is 6.31. The van der Waals surface area contributed by atoms with Crippen LogP contribution < -0.4 is 10.2 Å². The molecular formula is C29H38ClN3O2. The fourth-order valence-electron chi connectivity index (χ4n) is 5.95. The third-order valence-electron chi connectivity index (χ3n) is 8.11. The third kappa shape index (κ3) is 6.38. The summed E-state index contributed by atoms with van der Waals surface area (Å²) < 4.78 is 5.94. The summed E-state index contributed by atoms with van der Waals surface area (Å²) in [5.41, 5.74) is 3.23. The number of anilines is 2. The number of hydrogen-bond acceptors (Lipinski definition) is 4. The standard InChI is InChI=1S/C29H38ClN3O2/c30-27-10-6-5-9-23(27)20-32-15-17-33(18-16-32)26-13-11-25(12-14-26)31-29(34)28-19-24(21-35-28)22-7-3-1-2-4-8-22/h5-6,9-14,22,24,28H,1-4,7-8,15-21H2,(H,31,34). The Hall–Kier alpha value is -2.08. The van der Waals surface area contributed by atoms with Gasteiger partial charge in [0.1, 0.15) is 6.10 Å². The minimum atomic E-state index is -0.311.